The average molecular weight is 298 g/mol. The smallest absolute Gasteiger partial charge is 0.329 e. The van der Waals surface area contributed by atoms with Gasteiger partial charge in [-0.05, 0) is 18.8 Å². The van der Waals surface area contributed by atoms with Crippen LogP contribution in [0.15, 0.2) is 12.4 Å². The molecular weight excluding hydrogens is 282 g/mol. The summed E-state index contributed by atoms with van der Waals surface area (Å²) in [5.74, 6) is -1.66. The largest absolute Gasteiger partial charge is 0.479 e. The number of aliphatic carboxylic acids is 1. The van der Waals surface area contributed by atoms with E-state index in [-0.39, 0.29) is 16.8 Å². The van der Waals surface area contributed by atoms with Crippen LogP contribution in [-0.2, 0) is 4.79 Å². The maximum atomic E-state index is 12.2. The topological polar surface area (TPSA) is 92.2 Å². The van der Waals surface area contributed by atoms with Gasteiger partial charge in [-0.2, -0.15) is 0 Å². The van der Waals surface area contributed by atoms with Crippen LogP contribution < -0.4 is 5.32 Å². The molecule has 20 heavy (non-hydrogen) atoms. The Labute approximate surface area is 121 Å². The summed E-state index contributed by atoms with van der Waals surface area (Å²) in [4.78, 5) is 31.4. The van der Waals surface area contributed by atoms with Gasteiger partial charge in [0.25, 0.3) is 5.91 Å². The summed E-state index contributed by atoms with van der Waals surface area (Å²) < 4.78 is 0. The lowest BCUT2D eigenvalue weighted by Gasteiger charge is -2.39. The molecule has 1 fully saturated rings. The molecule has 2 atom stereocenters. The van der Waals surface area contributed by atoms with Gasteiger partial charge in [-0.3, -0.25) is 4.79 Å². The number of amides is 1. The predicted octanol–water partition coefficient (Wildman–Crippen LogP) is 1.89. The molecule has 0 aromatic carbocycles. The number of carbonyl (C=O) groups is 2. The molecule has 1 amide bonds. The molecule has 1 aromatic rings. The molecule has 0 radical (unpaired) electrons. The molecule has 0 saturated heterocycles. The van der Waals surface area contributed by atoms with E-state index in [2.05, 4.69) is 15.3 Å². The molecule has 2 N–H and O–H groups in total. The number of hydrogen-bond donors (Lipinski definition) is 2. The van der Waals surface area contributed by atoms with Gasteiger partial charge in [0, 0.05) is 0 Å². The summed E-state index contributed by atoms with van der Waals surface area (Å²) in [6, 6.07) is 0. The highest BCUT2D eigenvalue weighted by Crippen LogP contribution is 2.34. The zero-order chi connectivity index (χ0) is 14.8. The maximum absolute atomic E-state index is 12.2. The molecule has 2 unspecified atom stereocenters. The Morgan fingerprint density at radius 3 is 2.70 bits per heavy atom. The summed E-state index contributed by atoms with van der Waals surface area (Å²) in [5, 5.41) is 12.3. The van der Waals surface area contributed by atoms with Crippen LogP contribution in [-0.4, -0.2) is 32.5 Å². The first-order chi connectivity index (χ1) is 9.45. The fraction of sp³-hybridized carbons (Fsp3) is 0.538. The van der Waals surface area contributed by atoms with Gasteiger partial charge in [0.2, 0.25) is 0 Å². The van der Waals surface area contributed by atoms with Gasteiger partial charge in [-0.25, -0.2) is 14.8 Å². The number of halogens is 1. The van der Waals surface area contributed by atoms with E-state index in [1.165, 1.54) is 12.4 Å². The minimum atomic E-state index is -1.23. The number of rotatable bonds is 3. The number of nitrogens with zero attached hydrogens (tertiary/aromatic N) is 2. The van der Waals surface area contributed by atoms with Crippen molar-refractivity contribution in [3.05, 3.63) is 23.2 Å². The monoisotopic (exact) mass is 297 g/mol. The van der Waals surface area contributed by atoms with Crippen molar-refractivity contribution in [2.45, 2.75) is 38.1 Å². The van der Waals surface area contributed by atoms with E-state index in [0.717, 1.165) is 19.3 Å². The molecule has 6 nitrogen and oxygen atoms in total. The van der Waals surface area contributed by atoms with E-state index in [9.17, 15) is 14.7 Å². The van der Waals surface area contributed by atoms with Gasteiger partial charge in [0.1, 0.15) is 16.4 Å². The predicted molar refractivity (Wildman–Crippen MR) is 72.5 cm³/mol. The number of hydrogen-bond acceptors (Lipinski definition) is 4. The van der Waals surface area contributed by atoms with E-state index >= 15 is 0 Å². The van der Waals surface area contributed by atoms with Gasteiger partial charge < -0.3 is 10.4 Å². The summed E-state index contributed by atoms with van der Waals surface area (Å²) in [7, 11) is 0. The van der Waals surface area contributed by atoms with E-state index in [0.29, 0.717) is 6.42 Å². The highest BCUT2D eigenvalue weighted by molar-refractivity contribution is 6.29. The van der Waals surface area contributed by atoms with E-state index in [1.807, 2.05) is 6.92 Å². The second kappa shape index (κ2) is 5.75. The molecule has 108 valence electrons. The second-order valence-electron chi connectivity index (χ2n) is 5.10. The molecular formula is C13H16ClN3O3. The number of carbonyl (C=O) groups excluding carboxylic acids is 1. The molecule has 1 aliphatic carbocycles. The van der Waals surface area contributed by atoms with Crippen LogP contribution in [0, 0.1) is 5.92 Å². The van der Waals surface area contributed by atoms with E-state index in [1.54, 1.807) is 0 Å². The van der Waals surface area contributed by atoms with E-state index in [4.69, 9.17) is 11.6 Å². The van der Waals surface area contributed by atoms with Crippen molar-refractivity contribution in [2.75, 3.05) is 0 Å². The third-order valence-corrected chi connectivity index (χ3v) is 4.07. The number of carboxylic acid groups (broad SMARTS) is 1. The Morgan fingerprint density at radius 2 is 2.15 bits per heavy atom. The van der Waals surface area contributed by atoms with Gasteiger partial charge in [-0.1, -0.05) is 31.4 Å². The minimum Gasteiger partial charge on any atom is -0.479 e. The molecule has 0 spiro atoms. The third kappa shape index (κ3) is 2.75. The lowest BCUT2D eigenvalue weighted by atomic mass is 9.73. The molecule has 7 heteroatoms. The first kappa shape index (κ1) is 14.7. The Kier molecular flexibility index (Phi) is 4.23. The molecule has 1 saturated carbocycles. The van der Waals surface area contributed by atoms with Crippen molar-refractivity contribution < 1.29 is 14.7 Å². The highest BCUT2D eigenvalue weighted by atomic mass is 35.5. The summed E-state index contributed by atoms with van der Waals surface area (Å²) in [6.45, 7) is 1.85. The van der Waals surface area contributed by atoms with Crippen molar-refractivity contribution in [3.8, 4) is 0 Å². The first-order valence-electron chi connectivity index (χ1n) is 6.49. The quantitative estimate of drug-likeness (QED) is 0.889. The fourth-order valence-corrected chi connectivity index (χ4v) is 2.70. The third-order valence-electron chi connectivity index (χ3n) is 3.87. The van der Waals surface area contributed by atoms with Crippen LogP contribution in [0.1, 0.15) is 43.1 Å². The van der Waals surface area contributed by atoms with Crippen molar-refractivity contribution in [2.24, 2.45) is 5.92 Å². The summed E-state index contributed by atoms with van der Waals surface area (Å²) >= 11 is 5.61. The van der Waals surface area contributed by atoms with Crippen molar-refractivity contribution in [1.29, 1.82) is 0 Å². The SMILES string of the molecule is CC1CCCCC1(NC(=O)c1cnc(Cl)cn1)C(=O)O. The molecule has 0 aliphatic heterocycles. The Hall–Kier alpha value is -1.69. The molecule has 2 rings (SSSR count). The Bertz CT molecular complexity index is 520. The lowest BCUT2D eigenvalue weighted by molar-refractivity contribution is -0.148. The minimum absolute atomic E-state index is 0.0628. The lowest BCUT2D eigenvalue weighted by Crippen LogP contribution is -2.60. The molecule has 1 heterocycles. The summed E-state index contributed by atoms with van der Waals surface area (Å²) in [5.41, 5.74) is -1.16. The van der Waals surface area contributed by atoms with Gasteiger partial charge in [-0.15, -0.1) is 0 Å². The van der Waals surface area contributed by atoms with Crippen molar-refractivity contribution >= 4 is 23.5 Å². The normalized spacial score (nSPS) is 26.0. The molecule has 1 aromatic heterocycles. The number of carboxylic acids is 1. The van der Waals surface area contributed by atoms with Crippen LogP contribution in [0.3, 0.4) is 0 Å². The summed E-state index contributed by atoms with van der Waals surface area (Å²) in [6.07, 6.45) is 5.46. The standard InChI is InChI=1S/C13H16ClN3O3/c1-8-4-2-3-5-13(8,12(19)20)17-11(18)9-6-16-10(14)7-15-9/h6-8H,2-5H2,1H3,(H,17,18)(H,19,20). The average Bonchev–Trinajstić information content (AvgIpc) is 2.42. The molecule has 0 bridgehead atoms. The Morgan fingerprint density at radius 1 is 1.40 bits per heavy atom. The van der Waals surface area contributed by atoms with E-state index < -0.39 is 17.4 Å². The fourth-order valence-electron chi connectivity index (χ4n) is 2.60. The van der Waals surface area contributed by atoms with Crippen molar-refractivity contribution in [3.63, 3.8) is 0 Å². The van der Waals surface area contributed by atoms with Gasteiger partial charge >= 0.3 is 5.97 Å². The second-order valence-corrected chi connectivity index (χ2v) is 5.49. The van der Waals surface area contributed by atoms with Crippen LogP contribution in [0.5, 0.6) is 0 Å². The number of aromatic nitrogens is 2. The zero-order valence-electron chi connectivity index (χ0n) is 11.1. The highest BCUT2D eigenvalue weighted by Gasteiger charge is 2.46. The van der Waals surface area contributed by atoms with Crippen LogP contribution in [0.25, 0.3) is 0 Å². The van der Waals surface area contributed by atoms with Gasteiger partial charge in [0.05, 0.1) is 12.4 Å². The maximum Gasteiger partial charge on any atom is 0.329 e. The zero-order valence-corrected chi connectivity index (χ0v) is 11.9. The van der Waals surface area contributed by atoms with Crippen LogP contribution in [0.2, 0.25) is 5.15 Å². The van der Waals surface area contributed by atoms with Gasteiger partial charge in [0.15, 0.2) is 0 Å². The molecule has 1 aliphatic rings. The van der Waals surface area contributed by atoms with Crippen molar-refractivity contribution in [1.82, 2.24) is 15.3 Å². The van der Waals surface area contributed by atoms with Crippen LogP contribution in [0.4, 0.5) is 0 Å². The Balaban J connectivity index is 2.22. The van der Waals surface area contributed by atoms with Crippen LogP contribution >= 0.6 is 11.6 Å². The first-order valence-corrected chi connectivity index (χ1v) is 6.87. The number of nitrogens with one attached hydrogen (secondary N) is 1.